The summed E-state index contributed by atoms with van der Waals surface area (Å²) in [5.41, 5.74) is 1.16. The Hall–Kier alpha value is -0.476. The number of hydrogen-bond acceptors (Lipinski definition) is 5. The molecule has 1 heterocycles. The summed E-state index contributed by atoms with van der Waals surface area (Å²) in [6.45, 7) is 37.6. The molecule has 260 valence electrons. The zero-order chi connectivity index (χ0) is 33.9. The van der Waals surface area contributed by atoms with Gasteiger partial charge < -0.3 is 18.3 Å². The van der Waals surface area contributed by atoms with Crippen LogP contribution >= 0.6 is 0 Å². The molecule has 0 unspecified atom stereocenters. The van der Waals surface area contributed by atoms with Crippen LogP contribution in [0.25, 0.3) is 0 Å². The first-order valence-corrected chi connectivity index (χ1v) is 23.7. The van der Waals surface area contributed by atoms with Crippen LogP contribution in [0.4, 0.5) is 0 Å². The minimum absolute atomic E-state index is 0.0576. The van der Waals surface area contributed by atoms with Crippen LogP contribution in [0.5, 0.6) is 0 Å². The highest BCUT2D eigenvalue weighted by Gasteiger charge is 2.39. The van der Waals surface area contributed by atoms with E-state index in [9.17, 15) is 4.79 Å². The highest BCUT2D eigenvalue weighted by molar-refractivity contribution is 6.74. The fraction of sp³-hybridized carbons (Fsp3) is 0.919. The Morgan fingerprint density at radius 1 is 0.909 bits per heavy atom. The van der Waals surface area contributed by atoms with Crippen LogP contribution in [0.2, 0.25) is 36.3 Å². The van der Waals surface area contributed by atoms with Crippen molar-refractivity contribution in [3.63, 3.8) is 0 Å². The average molecular weight is 655 g/mol. The molecule has 0 aromatic rings. The lowest BCUT2D eigenvalue weighted by Crippen LogP contribution is -2.41. The van der Waals surface area contributed by atoms with E-state index in [0.717, 1.165) is 83.0 Å². The topological polar surface area (TPSA) is 54.0 Å². The van der Waals surface area contributed by atoms with E-state index in [1.807, 2.05) is 6.92 Å². The number of unbranched alkanes of at least 4 members (excludes halogenated alkanes) is 1. The molecule has 0 N–H and O–H groups in total. The summed E-state index contributed by atoms with van der Waals surface area (Å²) in [6.07, 6.45) is 10.2. The first kappa shape index (κ1) is 41.5. The summed E-state index contributed by atoms with van der Waals surface area (Å²) in [6, 6.07) is 0. The third kappa shape index (κ3) is 14.5. The first-order chi connectivity index (χ1) is 20.1. The molecule has 0 aliphatic carbocycles. The maximum atomic E-state index is 13.0. The van der Waals surface area contributed by atoms with Gasteiger partial charge in [0.1, 0.15) is 6.10 Å². The molecule has 6 atom stereocenters. The summed E-state index contributed by atoms with van der Waals surface area (Å²) in [4.78, 5) is 13.0. The van der Waals surface area contributed by atoms with E-state index < -0.39 is 16.6 Å². The third-order valence-electron chi connectivity index (χ3n) is 10.7. The molecule has 5 nitrogen and oxygen atoms in total. The lowest BCUT2D eigenvalue weighted by atomic mass is 9.95. The van der Waals surface area contributed by atoms with Crippen molar-refractivity contribution in [1.82, 2.24) is 0 Å². The molecule has 0 amide bonds. The maximum Gasteiger partial charge on any atom is 0.308 e. The minimum Gasteiger partial charge on any atom is -0.462 e. The van der Waals surface area contributed by atoms with Gasteiger partial charge in [0.25, 0.3) is 0 Å². The zero-order valence-corrected chi connectivity index (χ0v) is 33.7. The molecule has 1 aliphatic heterocycles. The van der Waals surface area contributed by atoms with Crippen molar-refractivity contribution in [3.05, 3.63) is 12.2 Å². The fourth-order valence-corrected chi connectivity index (χ4v) is 7.64. The van der Waals surface area contributed by atoms with Gasteiger partial charge >= 0.3 is 5.97 Å². The molecule has 1 aliphatic rings. The number of ether oxygens (including phenoxy) is 2. The Bertz CT molecular complexity index is 857. The largest absolute Gasteiger partial charge is 0.462 e. The smallest absolute Gasteiger partial charge is 0.308 e. The van der Waals surface area contributed by atoms with Gasteiger partial charge in [-0.3, -0.25) is 4.79 Å². The van der Waals surface area contributed by atoms with Gasteiger partial charge in [0.05, 0.1) is 18.1 Å². The fourth-order valence-electron chi connectivity index (χ4n) is 5.45. The molecule has 0 aromatic heterocycles. The molecular formula is C37H74O5Si2. The number of carbonyl (C=O) groups is 1. The molecule has 0 bridgehead atoms. The predicted octanol–water partition coefficient (Wildman–Crippen LogP) is 11.1. The molecular weight excluding hydrogens is 581 g/mol. The normalized spacial score (nSPS) is 22.1. The van der Waals surface area contributed by atoms with E-state index in [0.29, 0.717) is 24.0 Å². The van der Waals surface area contributed by atoms with Crippen LogP contribution in [0.15, 0.2) is 12.2 Å². The van der Waals surface area contributed by atoms with E-state index in [1.54, 1.807) is 0 Å². The molecule has 0 aromatic carbocycles. The molecule has 0 radical (unpaired) electrons. The SMILES string of the molecule is C=C(C[C@@H](C)CO[Si](C)(C)C(C)(C)C)C[C@@H](CCC)OC(=O)[C@@H](C)CCCC[C@@H]1O[C@@H](CCO[Si](C)(C)C(C)(C)C)C[C@@H]1C. The molecule has 7 heteroatoms. The lowest BCUT2D eigenvalue weighted by molar-refractivity contribution is -0.154. The molecule has 1 saturated heterocycles. The molecule has 0 spiro atoms. The third-order valence-corrected chi connectivity index (χ3v) is 19.7. The van der Waals surface area contributed by atoms with Crippen molar-refractivity contribution in [2.75, 3.05) is 13.2 Å². The quantitative estimate of drug-likeness (QED) is 0.0566. The van der Waals surface area contributed by atoms with E-state index in [2.05, 4.69) is 95.1 Å². The second-order valence-corrected chi connectivity index (χ2v) is 26.9. The Labute approximate surface area is 276 Å². The van der Waals surface area contributed by atoms with Crippen molar-refractivity contribution >= 4 is 22.6 Å². The standard InChI is InChI=1S/C37H74O5Si2/c1-16-19-32(25-28(2)24-29(3)27-40-44(14,15)37(9,10)11)42-35(38)30(4)20-17-18-21-34-31(5)26-33(41-34)22-23-39-43(12,13)36(6,7)8/h29-34H,2,16-27H2,1,3-15H3/t29-,30+,31+,32-,33+,34+/m1/s1. The summed E-state index contributed by atoms with van der Waals surface area (Å²) < 4.78 is 25.3. The summed E-state index contributed by atoms with van der Waals surface area (Å²) in [7, 11) is -3.45. The van der Waals surface area contributed by atoms with Crippen molar-refractivity contribution in [1.29, 1.82) is 0 Å². The molecule has 0 saturated carbocycles. The Morgan fingerprint density at radius 3 is 2.07 bits per heavy atom. The van der Waals surface area contributed by atoms with Gasteiger partial charge in [0.15, 0.2) is 16.6 Å². The van der Waals surface area contributed by atoms with E-state index in [1.165, 1.54) is 0 Å². The number of hydrogen-bond donors (Lipinski definition) is 0. The summed E-state index contributed by atoms with van der Waals surface area (Å²) in [5.74, 6) is 0.852. The van der Waals surface area contributed by atoms with Crippen molar-refractivity contribution in [2.45, 2.75) is 188 Å². The lowest BCUT2D eigenvalue weighted by Gasteiger charge is -2.37. The van der Waals surface area contributed by atoms with Gasteiger partial charge in [0, 0.05) is 19.6 Å². The first-order valence-electron chi connectivity index (χ1n) is 17.9. The van der Waals surface area contributed by atoms with Crippen LogP contribution in [0, 0.1) is 17.8 Å². The van der Waals surface area contributed by atoms with Gasteiger partial charge in [-0.2, -0.15) is 0 Å². The van der Waals surface area contributed by atoms with Gasteiger partial charge in [-0.1, -0.05) is 101 Å². The zero-order valence-electron chi connectivity index (χ0n) is 31.7. The van der Waals surface area contributed by atoms with Crippen LogP contribution in [0.3, 0.4) is 0 Å². The number of rotatable bonds is 20. The predicted molar refractivity (Wildman–Crippen MR) is 193 cm³/mol. The van der Waals surface area contributed by atoms with Crippen LogP contribution in [0.1, 0.15) is 133 Å². The van der Waals surface area contributed by atoms with Gasteiger partial charge in [0.2, 0.25) is 0 Å². The van der Waals surface area contributed by atoms with Crippen LogP contribution < -0.4 is 0 Å². The summed E-state index contributed by atoms with van der Waals surface area (Å²) in [5, 5.41) is 0.459. The van der Waals surface area contributed by atoms with E-state index in [-0.39, 0.29) is 28.1 Å². The highest BCUT2D eigenvalue weighted by Crippen LogP contribution is 2.38. The van der Waals surface area contributed by atoms with Crippen LogP contribution in [-0.4, -0.2) is 54.1 Å². The summed E-state index contributed by atoms with van der Waals surface area (Å²) >= 11 is 0. The Kier molecular flexibility index (Phi) is 17.2. The minimum atomic E-state index is -1.75. The number of esters is 1. The van der Waals surface area contributed by atoms with E-state index in [4.69, 9.17) is 18.3 Å². The maximum absolute atomic E-state index is 13.0. The average Bonchev–Trinajstić information content (AvgIpc) is 3.22. The Morgan fingerprint density at radius 2 is 1.50 bits per heavy atom. The van der Waals surface area contributed by atoms with Crippen LogP contribution in [-0.2, 0) is 23.1 Å². The van der Waals surface area contributed by atoms with Crippen molar-refractivity contribution < 1.29 is 23.1 Å². The molecule has 1 rings (SSSR count). The monoisotopic (exact) mass is 655 g/mol. The van der Waals surface area contributed by atoms with Gasteiger partial charge in [-0.15, -0.1) is 0 Å². The molecule has 1 fully saturated rings. The van der Waals surface area contributed by atoms with E-state index >= 15 is 0 Å². The van der Waals surface area contributed by atoms with Crippen molar-refractivity contribution in [2.24, 2.45) is 17.8 Å². The second-order valence-electron chi connectivity index (χ2n) is 17.3. The highest BCUT2D eigenvalue weighted by atomic mass is 28.4. The van der Waals surface area contributed by atoms with Crippen molar-refractivity contribution in [3.8, 4) is 0 Å². The van der Waals surface area contributed by atoms with Gasteiger partial charge in [-0.05, 0) is 86.6 Å². The molecule has 44 heavy (non-hydrogen) atoms. The van der Waals surface area contributed by atoms with Gasteiger partial charge in [-0.25, -0.2) is 0 Å². The Balaban J connectivity index is 2.40. The number of carbonyl (C=O) groups excluding carboxylic acids is 1. The second kappa shape index (κ2) is 18.2.